The summed E-state index contributed by atoms with van der Waals surface area (Å²) in [6.45, 7) is 8.61. The Kier molecular flexibility index (Phi) is 5.78. The first-order valence-corrected chi connectivity index (χ1v) is 7.53. The predicted octanol–water partition coefficient (Wildman–Crippen LogP) is 2.38. The Balaban J connectivity index is 1.74. The lowest BCUT2D eigenvalue weighted by molar-refractivity contribution is 0.154. The summed E-state index contributed by atoms with van der Waals surface area (Å²) in [5.41, 5.74) is 1.02. The van der Waals surface area contributed by atoms with Crippen LogP contribution in [0.15, 0.2) is 18.2 Å². The molecule has 1 aliphatic rings. The van der Waals surface area contributed by atoms with Crippen molar-refractivity contribution in [2.75, 3.05) is 46.3 Å². The van der Waals surface area contributed by atoms with Crippen molar-refractivity contribution < 1.29 is 4.39 Å². The average molecular weight is 300 g/mol. The molecule has 1 N–H and O–H groups in total. The SMILES string of the molecule is CC(NCCN1CCN(C)CC1)c1ccc(F)c(Cl)c1. The first kappa shape index (κ1) is 15.7. The standard InChI is InChI=1S/C15H23ClFN3/c1-12(13-3-4-15(17)14(16)11-13)18-5-6-20-9-7-19(2)8-10-20/h3-4,11-12,18H,5-10H2,1-2H3. The van der Waals surface area contributed by atoms with E-state index in [1.165, 1.54) is 6.07 Å². The minimum Gasteiger partial charge on any atom is -0.309 e. The fourth-order valence-corrected chi connectivity index (χ4v) is 2.60. The summed E-state index contributed by atoms with van der Waals surface area (Å²) in [7, 11) is 2.16. The number of halogens is 2. The van der Waals surface area contributed by atoms with E-state index in [4.69, 9.17) is 11.6 Å². The van der Waals surface area contributed by atoms with Gasteiger partial charge in [-0.05, 0) is 31.7 Å². The Hall–Kier alpha value is -0.680. The second-order valence-corrected chi connectivity index (χ2v) is 5.90. The monoisotopic (exact) mass is 299 g/mol. The maximum Gasteiger partial charge on any atom is 0.141 e. The second-order valence-electron chi connectivity index (χ2n) is 5.49. The molecule has 0 amide bonds. The van der Waals surface area contributed by atoms with Crippen LogP contribution in [0.4, 0.5) is 4.39 Å². The van der Waals surface area contributed by atoms with Crippen LogP contribution in [-0.4, -0.2) is 56.1 Å². The summed E-state index contributed by atoms with van der Waals surface area (Å²) in [5.74, 6) is -0.361. The molecule has 20 heavy (non-hydrogen) atoms. The molecular formula is C15H23ClFN3. The number of hydrogen-bond donors (Lipinski definition) is 1. The second kappa shape index (κ2) is 7.36. The highest BCUT2D eigenvalue weighted by molar-refractivity contribution is 6.30. The van der Waals surface area contributed by atoms with Crippen molar-refractivity contribution in [2.24, 2.45) is 0 Å². The van der Waals surface area contributed by atoms with Gasteiger partial charge < -0.3 is 10.2 Å². The molecule has 0 bridgehead atoms. The fraction of sp³-hybridized carbons (Fsp3) is 0.600. The van der Waals surface area contributed by atoms with Gasteiger partial charge in [0.1, 0.15) is 5.82 Å². The smallest absolute Gasteiger partial charge is 0.141 e. The maximum atomic E-state index is 13.1. The highest BCUT2D eigenvalue weighted by Crippen LogP contribution is 2.20. The van der Waals surface area contributed by atoms with E-state index in [0.29, 0.717) is 0 Å². The van der Waals surface area contributed by atoms with Crippen LogP contribution in [0.25, 0.3) is 0 Å². The number of likely N-dealkylation sites (N-methyl/N-ethyl adjacent to an activating group) is 1. The molecule has 0 radical (unpaired) electrons. The van der Waals surface area contributed by atoms with Gasteiger partial charge in [-0.2, -0.15) is 0 Å². The van der Waals surface area contributed by atoms with Crippen molar-refractivity contribution in [3.05, 3.63) is 34.6 Å². The molecule has 1 heterocycles. The van der Waals surface area contributed by atoms with Crippen molar-refractivity contribution in [1.29, 1.82) is 0 Å². The van der Waals surface area contributed by atoms with Gasteiger partial charge in [-0.1, -0.05) is 17.7 Å². The lowest BCUT2D eigenvalue weighted by atomic mass is 10.1. The van der Waals surface area contributed by atoms with Crippen LogP contribution >= 0.6 is 11.6 Å². The minimum absolute atomic E-state index is 0.181. The normalized spacial score (nSPS) is 19.2. The third-order valence-corrected chi connectivity index (χ3v) is 4.21. The van der Waals surface area contributed by atoms with Crippen LogP contribution in [0.5, 0.6) is 0 Å². The molecule has 112 valence electrons. The zero-order valence-corrected chi connectivity index (χ0v) is 13.0. The van der Waals surface area contributed by atoms with Crippen molar-refractivity contribution in [2.45, 2.75) is 13.0 Å². The third-order valence-electron chi connectivity index (χ3n) is 3.92. The topological polar surface area (TPSA) is 18.5 Å². The van der Waals surface area contributed by atoms with E-state index < -0.39 is 0 Å². The Morgan fingerprint density at radius 1 is 1.30 bits per heavy atom. The highest BCUT2D eigenvalue weighted by Gasteiger charge is 2.13. The van der Waals surface area contributed by atoms with Crippen LogP contribution in [0.2, 0.25) is 5.02 Å². The van der Waals surface area contributed by atoms with Crippen LogP contribution in [0.1, 0.15) is 18.5 Å². The quantitative estimate of drug-likeness (QED) is 0.900. The van der Waals surface area contributed by atoms with Crippen molar-refractivity contribution in [3.63, 3.8) is 0 Å². The third kappa shape index (κ3) is 4.42. The van der Waals surface area contributed by atoms with Crippen LogP contribution in [-0.2, 0) is 0 Å². The van der Waals surface area contributed by atoms with E-state index in [0.717, 1.165) is 44.8 Å². The van der Waals surface area contributed by atoms with Gasteiger partial charge in [0, 0.05) is 45.3 Å². The molecule has 0 aromatic heterocycles. The molecule has 1 aromatic rings. The molecule has 1 aliphatic heterocycles. The van der Waals surface area contributed by atoms with Gasteiger partial charge in [-0.25, -0.2) is 4.39 Å². The number of hydrogen-bond acceptors (Lipinski definition) is 3. The van der Waals surface area contributed by atoms with Crippen molar-refractivity contribution >= 4 is 11.6 Å². The minimum atomic E-state index is -0.361. The lowest BCUT2D eigenvalue weighted by Gasteiger charge is -2.32. The van der Waals surface area contributed by atoms with Gasteiger partial charge in [0.2, 0.25) is 0 Å². The largest absolute Gasteiger partial charge is 0.309 e. The summed E-state index contributed by atoms with van der Waals surface area (Å²) in [4.78, 5) is 4.82. The number of piperazine rings is 1. The zero-order chi connectivity index (χ0) is 14.5. The summed E-state index contributed by atoms with van der Waals surface area (Å²) in [5, 5.41) is 3.66. The van der Waals surface area contributed by atoms with Gasteiger partial charge in [0.25, 0.3) is 0 Å². The summed E-state index contributed by atoms with van der Waals surface area (Å²) in [6, 6.07) is 5.09. The molecule has 0 aliphatic carbocycles. The number of nitrogens with zero attached hydrogens (tertiary/aromatic N) is 2. The van der Waals surface area contributed by atoms with Crippen LogP contribution in [0.3, 0.4) is 0 Å². The molecule has 3 nitrogen and oxygen atoms in total. The summed E-state index contributed by atoms with van der Waals surface area (Å²) >= 11 is 5.81. The molecular weight excluding hydrogens is 277 g/mol. The average Bonchev–Trinajstić information content (AvgIpc) is 2.44. The van der Waals surface area contributed by atoms with Gasteiger partial charge >= 0.3 is 0 Å². The Bertz CT molecular complexity index is 433. The summed E-state index contributed by atoms with van der Waals surface area (Å²) < 4.78 is 13.1. The van der Waals surface area contributed by atoms with Crippen LogP contribution < -0.4 is 5.32 Å². The van der Waals surface area contributed by atoms with E-state index in [2.05, 4.69) is 29.1 Å². The number of nitrogens with one attached hydrogen (secondary N) is 1. The van der Waals surface area contributed by atoms with Gasteiger partial charge in [0.05, 0.1) is 5.02 Å². The first-order valence-electron chi connectivity index (χ1n) is 7.15. The molecule has 5 heteroatoms. The van der Waals surface area contributed by atoms with Gasteiger partial charge in [-0.15, -0.1) is 0 Å². The Labute approximate surface area is 125 Å². The number of rotatable bonds is 5. The molecule has 1 fully saturated rings. The van der Waals surface area contributed by atoms with Crippen molar-refractivity contribution in [1.82, 2.24) is 15.1 Å². The summed E-state index contributed by atoms with van der Waals surface area (Å²) in [6.07, 6.45) is 0. The van der Waals surface area contributed by atoms with Gasteiger partial charge in [0.15, 0.2) is 0 Å². The van der Waals surface area contributed by atoms with E-state index in [-0.39, 0.29) is 16.9 Å². The Morgan fingerprint density at radius 2 is 2.00 bits per heavy atom. The first-order chi connectivity index (χ1) is 9.56. The Morgan fingerprint density at radius 3 is 2.65 bits per heavy atom. The predicted molar refractivity (Wildman–Crippen MR) is 81.8 cm³/mol. The zero-order valence-electron chi connectivity index (χ0n) is 12.2. The highest BCUT2D eigenvalue weighted by atomic mass is 35.5. The van der Waals surface area contributed by atoms with E-state index in [9.17, 15) is 4.39 Å². The van der Waals surface area contributed by atoms with Crippen LogP contribution in [0, 0.1) is 5.82 Å². The molecule has 1 aromatic carbocycles. The molecule has 1 unspecified atom stereocenters. The molecule has 1 saturated heterocycles. The molecule has 0 saturated carbocycles. The number of benzene rings is 1. The molecule has 1 atom stereocenters. The van der Waals surface area contributed by atoms with E-state index >= 15 is 0 Å². The fourth-order valence-electron chi connectivity index (χ4n) is 2.41. The maximum absolute atomic E-state index is 13.1. The molecule has 0 spiro atoms. The lowest BCUT2D eigenvalue weighted by Crippen LogP contribution is -2.46. The van der Waals surface area contributed by atoms with E-state index in [1.54, 1.807) is 12.1 Å². The van der Waals surface area contributed by atoms with Gasteiger partial charge in [-0.3, -0.25) is 4.90 Å². The molecule has 2 rings (SSSR count). The van der Waals surface area contributed by atoms with Crippen molar-refractivity contribution in [3.8, 4) is 0 Å². The van der Waals surface area contributed by atoms with E-state index in [1.807, 2.05) is 0 Å².